The molecule has 1 rings (SSSR count). The summed E-state index contributed by atoms with van der Waals surface area (Å²) in [6, 6.07) is 8.38. The lowest BCUT2D eigenvalue weighted by Gasteiger charge is -2.28. The van der Waals surface area contributed by atoms with Gasteiger partial charge in [-0.05, 0) is 44.4 Å². The third kappa shape index (κ3) is 3.53. The van der Waals surface area contributed by atoms with E-state index in [0.29, 0.717) is 5.92 Å². The molecular weight excluding hydrogens is 198 g/mol. The molecule has 2 nitrogen and oxygen atoms in total. The first kappa shape index (κ1) is 13.0. The number of aliphatic hydroxyl groups is 1. The van der Waals surface area contributed by atoms with Gasteiger partial charge < -0.3 is 10.4 Å². The molecule has 0 aromatic heterocycles. The van der Waals surface area contributed by atoms with Crippen LogP contribution in [-0.2, 0) is 0 Å². The Morgan fingerprint density at radius 2 is 1.81 bits per heavy atom. The summed E-state index contributed by atoms with van der Waals surface area (Å²) in [6.07, 6.45) is 0. The van der Waals surface area contributed by atoms with Gasteiger partial charge in [0.25, 0.3) is 0 Å². The molecule has 2 N–H and O–H groups in total. The fraction of sp³-hybridized carbons (Fsp3) is 0.571. The number of nitrogens with one attached hydrogen (secondary N) is 1. The molecule has 0 aliphatic heterocycles. The molecule has 16 heavy (non-hydrogen) atoms. The van der Waals surface area contributed by atoms with Crippen LogP contribution in [0.15, 0.2) is 24.3 Å². The second-order valence-electron chi connectivity index (χ2n) is 5.30. The normalized spacial score (nSPS) is 13.9. The van der Waals surface area contributed by atoms with E-state index >= 15 is 0 Å². The summed E-state index contributed by atoms with van der Waals surface area (Å²) in [5, 5.41) is 13.2. The highest BCUT2D eigenvalue weighted by atomic mass is 16.3. The predicted molar refractivity (Wildman–Crippen MR) is 69.9 cm³/mol. The Morgan fingerprint density at radius 1 is 1.19 bits per heavy atom. The Hall–Kier alpha value is -1.02. The standard InChI is InChI=1S/C14H23NO/c1-10(2)12-7-6-8-13(9-12)15-11(3)14(4,5)16/h6-11,15-16H,1-5H3. The number of hydrogen-bond acceptors (Lipinski definition) is 2. The van der Waals surface area contributed by atoms with Crippen molar-refractivity contribution in [2.75, 3.05) is 5.32 Å². The molecule has 0 aliphatic carbocycles. The molecule has 1 atom stereocenters. The summed E-state index contributed by atoms with van der Waals surface area (Å²) in [5.74, 6) is 0.527. The fourth-order valence-corrected chi connectivity index (χ4v) is 1.41. The van der Waals surface area contributed by atoms with Crippen molar-refractivity contribution in [2.24, 2.45) is 0 Å². The van der Waals surface area contributed by atoms with E-state index < -0.39 is 5.60 Å². The van der Waals surface area contributed by atoms with Crippen LogP contribution in [0.1, 0.15) is 46.1 Å². The number of hydrogen-bond donors (Lipinski definition) is 2. The molecule has 2 heteroatoms. The maximum Gasteiger partial charge on any atom is 0.0789 e. The van der Waals surface area contributed by atoms with Crippen LogP contribution < -0.4 is 5.32 Å². The summed E-state index contributed by atoms with van der Waals surface area (Å²) in [7, 11) is 0. The van der Waals surface area contributed by atoms with Crippen molar-refractivity contribution in [1.29, 1.82) is 0 Å². The fourth-order valence-electron chi connectivity index (χ4n) is 1.41. The molecule has 1 unspecified atom stereocenters. The summed E-state index contributed by atoms with van der Waals surface area (Å²) >= 11 is 0. The topological polar surface area (TPSA) is 32.3 Å². The minimum atomic E-state index is -0.714. The molecule has 0 fully saturated rings. The summed E-state index contributed by atoms with van der Waals surface area (Å²) in [5.41, 5.74) is 1.67. The van der Waals surface area contributed by atoms with Crippen LogP contribution in [0, 0.1) is 0 Å². The van der Waals surface area contributed by atoms with Crippen molar-refractivity contribution in [1.82, 2.24) is 0 Å². The number of rotatable bonds is 4. The zero-order valence-electron chi connectivity index (χ0n) is 10.9. The SMILES string of the molecule is CC(C)c1cccc(NC(C)C(C)(C)O)c1. The van der Waals surface area contributed by atoms with E-state index in [4.69, 9.17) is 0 Å². The van der Waals surface area contributed by atoms with E-state index in [0.717, 1.165) is 5.69 Å². The highest BCUT2D eigenvalue weighted by molar-refractivity contribution is 5.47. The smallest absolute Gasteiger partial charge is 0.0789 e. The highest BCUT2D eigenvalue weighted by Gasteiger charge is 2.21. The quantitative estimate of drug-likeness (QED) is 0.817. The molecule has 0 saturated heterocycles. The van der Waals surface area contributed by atoms with Crippen LogP contribution in [0.5, 0.6) is 0 Å². The van der Waals surface area contributed by atoms with Gasteiger partial charge in [-0.1, -0.05) is 26.0 Å². The first-order chi connectivity index (χ1) is 7.30. The van der Waals surface area contributed by atoms with Crippen LogP contribution >= 0.6 is 0 Å². The lowest BCUT2D eigenvalue weighted by molar-refractivity contribution is 0.0649. The van der Waals surface area contributed by atoms with Crippen molar-refractivity contribution in [3.05, 3.63) is 29.8 Å². The molecular formula is C14H23NO. The van der Waals surface area contributed by atoms with Crippen molar-refractivity contribution in [3.8, 4) is 0 Å². The molecule has 0 aliphatic rings. The second kappa shape index (κ2) is 4.88. The highest BCUT2D eigenvalue weighted by Crippen LogP contribution is 2.21. The Kier molecular flexibility index (Phi) is 3.98. The summed E-state index contributed by atoms with van der Waals surface area (Å²) < 4.78 is 0. The minimum absolute atomic E-state index is 0.0231. The predicted octanol–water partition coefficient (Wildman–Crippen LogP) is 3.38. The van der Waals surface area contributed by atoms with E-state index in [-0.39, 0.29) is 6.04 Å². The number of benzene rings is 1. The van der Waals surface area contributed by atoms with Crippen molar-refractivity contribution >= 4 is 5.69 Å². The lowest BCUT2D eigenvalue weighted by atomic mass is 9.99. The molecule has 90 valence electrons. The zero-order valence-corrected chi connectivity index (χ0v) is 10.9. The Morgan fingerprint density at radius 3 is 2.31 bits per heavy atom. The van der Waals surface area contributed by atoms with E-state index in [1.165, 1.54) is 5.56 Å². The summed E-state index contributed by atoms with van der Waals surface area (Å²) in [6.45, 7) is 9.98. The molecule has 1 aromatic rings. The van der Waals surface area contributed by atoms with Crippen LogP contribution in [0.2, 0.25) is 0 Å². The van der Waals surface area contributed by atoms with Gasteiger partial charge in [-0.2, -0.15) is 0 Å². The van der Waals surface area contributed by atoms with Gasteiger partial charge in [0.15, 0.2) is 0 Å². The monoisotopic (exact) mass is 221 g/mol. The first-order valence-corrected chi connectivity index (χ1v) is 5.89. The largest absolute Gasteiger partial charge is 0.388 e. The summed E-state index contributed by atoms with van der Waals surface area (Å²) in [4.78, 5) is 0. The van der Waals surface area contributed by atoms with Crippen LogP contribution in [0.25, 0.3) is 0 Å². The Labute approximate surface area is 98.7 Å². The second-order valence-corrected chi connectivity index (χ2v) is 5.30. The molecule has 1 aromatic carbocycles. The van der Waals surface area contributed by atoms with Crippen LogP contribution in [-0.4, -0.2) is 16.7 Å². The molecule has 0 heterocycles. The van der Waals surface area contributed by atoms with E-state index in [2.05, 4.69) is 37.4 Å². The molecule has 0 spiro atoms. The lowest BCUT2D eigenvalue weighted by Crippen LogP contribution is -2.39. The Balaban J connectivity index is 2.78. The molecule has 0 radical (unpaired) electrons. The number of anilines is 1. The van der Waals surface area contributed by atoms with Gasteiger partial charge in [-0.3, -0.25) is 0 Å². The van der Waals surface area contributed by atoms with Gasteiger partial charge in [0.1, 0.15) is 0 Å². The average Bonchev–Trinajstić information content (AvgIpc) is 2.16. The van der Waals surface area contributed by atoms with Gasteiger partial charge in [0.2, 0.25) is 0 Å². The average molecular weight is 221 g/mol. The van der Waals surface area contributed by atoms with Gasteiger partial charge >= 0.3 is 0 Å². The molecule has 0 amide bonds. The molecule has 0 saturated carbocycles. The van der Waals surface area contributed by atoms with Crippen LogP contribution in [0.4, 0.5) is 5.69 Å². The Bertz CT molecular complexity index is 339. The van der Waals surface area contributed by atoms with E-state index in [9.17, 15) is 5.11 Å². The third-order valence-corrected chi connectivity index (χ3v) is 3.00. The van der Waals surface area contributed by atoms with E-state index in [1.807, 2.05) is 26.8 Å². The van der Waals surface area contributed by atoms with Gasteiger partial charge in [-0.25, -0.2) is 0 Å². The van der Waals surface area contributed by atoms with Gasteiger partial charge in [-0.15, -0.1) is 0 Å². The van der Waals surface area contributed by atoms with Crippen LogP contribution in [0.3, 0.4) is 0 Å². The van der Waals surface area contributed by atoms with Crippen molar-refractivity contribution in [3.63, 3.8) is 0 Å². The van der Waals surface area contributed by atoms with Crippen molar-refractivity contribution < 1.29 is 5.11 Å². The minimum Gasteiger partial charge on any atom is -0.388 e. The maximum atomic E-state index is 9.86. The van der Waals surface area contributed by atoms with Gasteiger partial charge in [0.05, 0.1) is 11.6 Å². The first-order valence-electron chi connectivity index (χ1n) is 5.89. The zero-order chi connectivity index (χ0) is 12.3. The maximum absolute atomic E-state index is 9.86. The third-order valence-electron chi connectivity index (χ3n) is 3.00. The van der Waals surface area contributed by atoms with Gasteiger partial charge in [0, 0.05) is 5.69 Å². The van der Waals surface area contributed by atoms with Crippen molar-refractivity contribution in [2.45, 2.75) is 52.2 Å². The molecule has 0 bridgehead atoms. The van der Waals surface area contributed by atoms with E-state index in [1.54, 1.807) is 0 Å².